The lowest BCUT2D eigenvalue weighted by Crippen LogP contribution is -2.36. The summed E-state index contributed by atoms with van der Waals surface area (Å²) in [6.07, 6.45) is 6.33. The Hall–Kier alpha value is -1.83. The van der Waals surface area contributed by atoms with Gasteiger partial charge in [0.05, 0.1) is 16.7 Å². The van der Waals surface area contributed by atoms with Crippen LogP contribution in [0.4, 0.5) is 0 Å². The summed E-state index contributed by atoms with van der Waals surface area (Å²) in [5.74, 6) is 0.377. The minimum Gasteiger partial charge on any atom is -0.337 e. The molecule has 1 aromatic carbocycles. The minimum atomic E-state index is -0.0237. The first-order chi connectivity index (χ1) is 15.1. The van der Waals surface area contributed by atoms with Crippen LogP contribution in [0.3, 0.4) is 0 Å². The Morgan fingerprint density at radius 1 is 1.23 bits per heavy atom. The van der Waals surface area contributed by atoms with E-state index in [9.17, 15) is 9.59 Å². The second-order valence-electron chi connectivity index (χ2n) is 8.25. The van der Waals surface area contributed by atoms with Crippen molar-refractivity contribution in [2.75, 3.05) is 12.3 Å². The second-order valence-corrected chi connectivity index (χ2v) is 10.6. The van der Waals surface area contributed by atoms with E-state index >= 15 is 0 Å². The van der Waals surface area contributed by atoms with E-state index in [4.69, 9.17) is 16.6 Å². The zero-order chi connectivity index (χ0) is 21.4. The van der Waals surface area contributed by atoms with Crippen LogP contribution < -0.4 is 5.56 Å². The smallest absolute Gasteiger partial charge is 0.262 e. The van der Waals surface area contributed by atoms with E-state index in [2.05, 4.69) is 11.4 Å². The van der Waals surface area contributed by atoms with Gasteiger partial charge in [0, 0.05) is 29.0 Å². The molecule has 0 N–H and O–H groups in total. The van der Waals surface area contributed by atoms with Crippen molar-refractivity contribution in [2.45, 2.75) is 56.3 Å². The third kappa shape index (κ3) is 4.28. The van der Waals surface area contributed by atoms with Crippen molar-refractivity contribution in [3.63, 3.8) is 0 Å². The van der Waals surface area contributed by atoms with E-state index in [1.807, 2.05) is 9.47 Å². The third-order valence-corrected chi connectivity index (χ3v) is 8.45. The molecule has 1 fully saturated rings. The van der Waals surface area contributed by atoms with Crippen molar-refractivity contribution >= 4 is 51.5 Å². The Balaban J connectivity index is 1.42. The summed E-state index contributed by atoms with van der Waals surface area (Å²) in [5.41, 5.74) is 1.83. The van der Waals surface area contributed by atoms with E-state index in [0.717, 1.165) is 38.6 Å². The first-order valence-electron chi connectivity index (χ1n) is 10.8. The summed E-state index contributed by atoms with van der Waals surface area (Å²) in [6.45, 7) is 1.43. The Morgan fingerprint density at radius 3 is 2.90 bits per heavy atom. The Kier molecular flexibility index (Phi) is 6.08. The van der Waals surface area contributed by atoms with Gasteiger partial charge in [0.15, 0.2) is 5.16 Å². The van der Waals surface area contributed by atoms with Crippen LogP contribution in [0, 0.1) is 0 Å². The third-order valence-electron chi connectivity index (χ3n) is 6.26. The summed E-state index contributed by atoms with van der Waals surface area (Å²) in [7, 11) is 0. The maximum absolute atomic E-state index is 13.4. The molecule has 0 bridgehead atoms. The predicted octanol–water partition coefficient (Wildman–Crippen LogP) is 5.29. The lowest BCUT2D eigenvalue weighted by molar-refractivity contribution is -0.129. The van der Waals surface area contributed by atoms with Crippen LogP contribution >= 0.6 is 34.7 Å². The van der Waals surface area contributed by atoms with Gasteiger partial charge in [0.2, 0.25) is 5.91 Å². The van der Waals surface area contributed by atoms with E-state index in [1.165, 1.54) is 28.6 Å². The van der Waals surface area contributed by atoms with Gasteiger partial charge in [-0.05, 0) is 54.5 Å². The van der Waals surface area contributed by atoms with Crippen LogP contribution in [-0.4, -0.2) is 32.7 Å². The molecule has 2 aliphatic rings. The first kappa shape index (κ1) is 21.0. The molecule has 2 aromatic heterocycles. The molecular formula is C23H24ClN3O2S2. The number of carbonyl (C=O) groups is 1. The maximum Gasteiger partial charge on any atom is 0.262 e. The number of aromatic nitrogens is 2. The van der Waals surface area contributed by atoms with Crippen LogP contribution in [0.5, 0.6) is 0 Å². The van der Waals surface area contributed by atoms with Crippen molar-refractivity contribution in [3.8, 4) is 0 Å². The average Bonchev–Trinajstić information content (AvgIpc) is 3.26. The molecule has 1 aliphatic heterocycles. The van der Waals surface area contributed by atoms with E-state index in [1.54, 1.807) is 29.5 Å². The van der Waals surface area contributed by atoms with Gasteiger partial charge in [0.1, 0.15) is 0 Å². The fourth-order valence-corrected chi connectivity index (χ4v) is 6.62. The van der Waals surface area contributed by atoms with Crippen LogP contribution in [0.1, 0.15) is 48.6 Å². The van der Waals surface area contributed by atoms with Gasteiger partial charge in [-0.1, -0.05) is 42.6 Å². The molecule has 0 radical (unpaired) electrons. The Morgan fingerprint density at radius 2 is 2.06 bits per heavy atom. The van der Waals surface area contributed by atoms with Gasteiger partial charge in [-0.3, -0.25) is 14.2 Å². The fraction of sp³-hybridized carbons (Fsp3) is 0.435. The number of hydrogen-bond donors (Lipinski definition) is 0. The minimum absolute atomic E-state index is 0.0237. The molecule has 8 heteroatoms. The monoisotopic (exact) mass is 473 g/mol. The highest BCUT2D eigenvalue weighted by atomic mass is 35.5. The lowest BCUT2D eigenvalue weighted by atomic mass is 9.95. The summed E-state index contributed by atoms with van der Waals surface area (Å²) >= 11 is 9.31. The number of amides is 1. The van der Waals surface area contributed by atoms with E-state index in [-0.39, 0.29) is 23.3 Å². The summed E-state index contributed by atoms with van der Waals surface area (Å²) in [5, 5.41) is 3.88. The number of benzene rings is 1. The molecular weight excluding hydrogens is 450 g/mol. The van der Waals surface area contributed by atoms with Crippen molar-refractivity contribution in [3.05, 3.63) is 55.5 Å². The second kappa shape index (κ2) is 8.96. The number of fused-ring (bicyclic) bond motifs is 2. The highest BCUT2D eigenvalue weighted by Crippen LogP contribution is 2.32. The predicted molar refractivity (Wildman–Crippen MR) is 127 cm³/mol. The van der Waals surface area contributed by atoms with Crippen LogP contribution in [0.25, 0.3) is 10.9 Å². The number of carbonyl (C=O) groups excluding carboxylic acids is 1. The zero-order valence-corrected chi connectivity index (χ0v) is 19.6. The van der Waals surface area contributed by atoms with Crippen molar-refractivity contribution < 1.29 is 4.79 Å². The number of halogens is 1. The van der Waals surface area contributed by atoms with E-state index in [0.29, 0.717) is 27.6 Å². The molecule has 0 saturated heterocycles. The molecule has 3 heterocycles. The summed E-state index contributed by atoms with van der Waals surface area (Å²) in [6, 6.07) is 7.50. The van der Waals surface area contributed by atoms with Crippen molar-refractivity contribution in [2.24, 2.45) is 0 Å². The van der Waals surface area contributed by atoms with Crippen molar-refractivity contribution in [1.82, 2.24) is 14.5 Å². The zero-order valence-electron chi connectivity index (χ0n) is 17.2. The van der Waals surface area contributed by atoms with Crippen molar-refractivity contribution in [1.29, 1.82) is 0 Å². The van der Waals surface area contributed by atoms with Gasteiger partial charge < -0.3 is 4.90 Å². The Labute approximate surface area is 194 Å². The molecule has 31 heavy (non-hydrogen) atoms. The largest absolute Gasteiger partial charge is 0.337 e. The lowest BCUT2D eigenvalue weighted by Gasteiger charge is -2.28. The number of thiophene rings is 1. The molecule has 0 unspecified atom stereocenters. The Bertz CT molecular complexity index is 1180. The van der Waals surface area contributed by atoms with Crippen LogP contribution in [-0.2, 0) is 17.8 Å². The average molecular weight is 474 g/mol. The van der Waals surface area contributed by atoms with Crippen LogP contribution in [0.15, 0.2) is 39.6 Å². The molecule has 5 nitrogen and oxygen atoms in total. The van der Waals surface area contributed by atoms with Gasteiger partial charge >= 0.3 is 0 Å². The first-order valence-corrected chi connectivity index (χ1v) is 13.0. The molecule has 0 spiro atoms. The highest BCUT2D eigenvalue weighted by Gasteiger charge is 2.25. The molecule has 162 valence electrons. The summed E-state index contributed by atoms with van der Waals surface area (Å²) in [4.78, 5) is 34.4. The van der Waals surface area contributed by atoms with Crippen LogP contribution in [0.2, 0.25) is 5.02 Å². The molecule has 1 saturated carbocycles. The quantitative estimate of drug-likeness (QED) is 0.381. The van der Waals surface area contributed by atoms with Gasteiger partial charge in [0.25, 0.3) is 5.56 Å². The normalized spacial score (nSPS) is 17.1. The van der Waals surface area contributed by atoms with Gasteiger partial charge in [-0.25, -0.2) is 4.98 Å². The molecule has 3 aromatic rings. The number of rotatable bonds is 4. The highest BCUT2D eigenvalue weighted by molar-refractivity contribution is 7.99. The van der Waals surface area contributed by atoms with E-state index < -0.39 is 0 Å². The topological polar surface area (TPSA) is 55.2 Å². The fourth-order valence-electron chi connectivity index (χ4n) is 4.59. The molecule has 5 rings (SSSR count). The number of nitrogens with zero attached hydrogens (tertiary/aromatic N) is 3. The standard InChI is InChI=1S/C23H24ClN3O2S2/c24-16-6-7-18-19(12-16)25-23(27(22(18)29)17-4-2-1-3-5-17)31-14-21(28)26-10-8-20-15(13-26)9-11-30-20/h6-7,9,11-12,17H,1-5,8,10,13-14H2. The summed E-state index contributed by atoms with van der Waals surface area (Å²) < 4.78 is 1.85. The molecule has 0 atom stereocenters. The SMILES string of the molecule is O=C(CSc1nc2cc(Cl)ccc2c(=O)n1C1CCCCC1)N1CCc2sccc2C1. The van der Waals surface area contributed by atoms with Gasteiger partial charge in [-0.15, -0.1) is 11.3 Å². The maximum atomic E-state index is 13.4. The van der Waals surface area contributed by atoms with Gasteiger partial charge in [-0.2, -0.15) is 0 Å². The molecule has 1 amide bonds. The molecule has 1 aliphatic carbocycles. The number of hydrogen-bond acceptors (Lipinski definition) is 5. The number of thioether (sulfide) groups is 1.